The minimum atomic E-state index is -0.331. The first-order valence-corrected chi connectivity index (χ1v) is 11.2. The maximum atomic E-state index is 13.5. The van der Waals surface area contributed by atoms with Gasteiger partial charge in [-0.2, -0.15) is 0 Å². The normalized spacial score (nSPS) is 11.1. The molecule has 2 aromatic heterocycles. The highest BCUT2D eigenvalue weighted by molar-refractivity contribution is 7.99. The van der Waals surface area contributed by atoms with Crippen LogP contribution in [0.5, 0.6) is 0 Å². The van der Waals surface area contributed by atoms with Crippen LogP contribution in [0.4, 0.5) is 4.39 Å². The Morgan fingerprint density at radius 1 is 1.16 bits per heavy atom. The van der Waals surface area contributed by atoms with E-state index in [1.807, 2.05) is 13.0 Å². The van der Waals surface area contributed by atoms with Gasteiger partial charge in [-0.05, 0) is 48.9 Å². The first kappa shape index (κ1) is 21.8. The Morgan fingerprint density at radius 3 is 2.75 bits per heavy atom. The van der Waals surface area contributed by atoms with Gasteiger partial charge in [0.25, 0.3) is 5.56 Å². The summed E-state index contributed by atoms with van der Waals surface area (Å²) in [7, 11) is 0. The van der Waals surface area contributed by atoms with E-state index in [2.05, 4.69) is 4.98 Å². The van der Waals surface area contributed by atoms with Crippen LogP contribution in [0.2, 0.25) is 0 Å². The van der Waals surface area contributed by atoms with E-state index in [4.69, 9.17) is 4.42 Å². The zero-order valence-corrected chi connectivity index (χ0v) is 18.3. The second-order valence-corrected chi connectivity index (χ2v) is 8.15. The molecule has 0 saturated heterocycles. The van der Waals surface area contributed by atoms with Gasteiger partial charge in [0.05, 0.1) is 29.5 Å². The number of rotatable bonds is 8. The molecule has 1 amide bonds. The van der Waals surface area contributed by atoms with E-state index in [1.165, 1.54) is 28.5 Å². The Bertz CT molecular complexity index is 1290. The Hall–Kier alpha value is -3.39. The van der Waals surface area contributed by atoms with Crippen molar-refractivity contribution in [2.24, 2.45) is 0 Å². The molecule has 0 fully saturated rings. The van der Waals surface area contributed by atoms with E-state index >= 15 is 0 Å². The lowest BCUT2D eigenvalue weighted by atomic mass is 10.2. The number of fused-ring (bicyclic) bond motifs is 1. The van der Waals surface area contributed by atoms with Gasteiger partial charge in [-0.3, -0.25) is 14.2 Å². The van der Waals surface area contributed by atoms with Gasteiger partial charge in [-0.25, -0.2) is 9.37 Å². The first-order valence-electron chi connectivity index (χ1n) is 10.2. The van der Waals surface area contributed by atoms with Crippen LogP contribution >= 0.6 is 11.8 Å². The summed E-state index contributed by atoms with van der Waals surface area (Å²) in [5.74, 6) is 0.279. The van der Waals surface area contributed by atoms with Gasteiger partial charge in [0.15, 0.2) is 5.16 Å². The van der Waals surface area contributed by atoms with Crippen LogP contribution in [0, 0.1) is 5.82 Å². The summed E-state index contributed by atoms with van der Waals surface area (Å²) < 4.78 is 20.4. The van der Waals surface area contributed by atoms with Crippen LogP contribution < -0.4 is 5.56 Å². The van der Waals surface area contributed by atoms with Crippen LogP contribution in [-0.2, 0) is 17.9 Å². The highest BCUT2D eigenvalue weighted by Crippen LogP contribution is 2.20. The highest BCUT2D eigenvalue weighted by Gasteiger charge is 2.17. The number of nitrogens with zero attached hydrogens (tertiary/aromatic N) is 3. The summed E-state index contributed by atoms with van der Waals surface area (Å²) in [6, 6.07) is 16.9. The number of aromatic nitrogens is 2. The predicted molar refractivity (Wildman–Crippen MR) is 122 cm³/mol. The summed E-state index contributed by atoms with van der Waals surface area (Å²) in [5, 5.41) is 0.955. The molecule has 0 aliphatic carbocycles. The van der Waals surface area contributed by atoms with Crippen LogP contribution in [0.1, 0.15) is 18.2 Å². The Labute approximate surface area is 188 Å². The third kappa shape index (κ3) is 4.91. The molecule has 2 heterocycles. The zero-order chi connectivity index (χ0) is 22.5. The van der Waals surface area contributed by atoms with E-state index in [9.17, 15) is 14.0 Å². The lowest BCUT2D eigenvalue weighted by Crippen LogP contribution is -2.32. The number of para-hydroxylation sites is 1. The number of hydrogen-bond acceptors (Lipinski definition) is 5. The quantitative estimate of drug-likeness (QED) is 0.295. The smallest absolute Gasteiger partial charge is 0.262 e. The average molecular weight is 452 g/mol. The molecule has 4 aromatic rings. The van der Waals surface area contributed by atoms with Crippen molar-refractivity contribution in [1.82, 2.24) is 14.5 Å². The Kier molecular flexibility index (Phi) is 6.70. The summed E-state index contributed by atoms with van der Waals surface area (Å²) in [5.41, 5.74) is 1.12. The van der Waals surface area contributed by atoms with Gasteiger partial charge in [-0.15, -0.1) is 0 Å². The number of amides is 1. The molecule has 0 saturated carbocycles. The topological polar surface area (TPSA) is 68.3 Å². The number of hydrogen-bond donors (Lipinski definition) is 0. The standard InChI is InChI=1S/C24H22FN3O3S/c1-2-27(14-17-7-5-8-18(25)13-17)22(29)16-32-24-26-21-11-4-3-10-20(21)23(30)28(24)15-19-9-6-12-31-19/h3-13H,2,14-16H2,1H3. The molecule has 0 aliphatic heterocycles. The molecule has 6 nitrogen and oxygen atoms in total. The Balaban J connectivity index is 1.57. The third-order valence-corrected chi connectivity index (χ3v) is 6.00. The van der Waals surface area contributed by atoms with Crippen LogP contribution in [0.15, 0.2) is 81.3 Å². The summed E-state index contributed by atoms with van der Waals surface area (Å²) in [6.07, 6.45) is 1.55. The molecule has 0 bridgehead atoms. The summed E-state index contributed by atoms with van der Waals surface area (Å²) in [4.78, 5) is 32.3. The van der Waals surface area contributed by atoms with Gasteiger partial charge in [0.1, 0.15) is 11.6 Å². The molecule has 0 spiro atoms. The fourth-order valence-corrected chi connectivity index (χ4v) is 4.31. The van der Waals surface area contributed by atoms with Crippen molar-refractivity contribution in [3.8, 4) is 0 Å². The van der Waals surface area contributed by atoms with Gasteiger partial charge in [-0.1, -0.05) is 36.0 Å². The van der Waals surface area contributed by atoms with Crippen molar-refractivity contribution < 1.29 is 13.6 Å². The number of halogens is 1. The maximum absolute atomic E-state index is 13.5. The third-order valence-electron chi connectivity index (χ3n) is 5.04. The largest absolute Gasteiger partial charge is 0.467 e. The number of thioether (sulfide) groups is 1. The van der Waals surface area contributed by atoms with Gasteiger partial charge < -0.3 is 9.32 Å². The lowest BCUT2D eigenvalue weighted by molar-refractivity contribution is -0.128. The van der Waals surface area contributed by atoms with Crippen LogP contribution in [-0.4, -0.2) is 32.7 Å². The molecule has 0 radical (unpaired) electrons. The number of furan rings is 1. The van der Waals surface area contributed by atoms with Crippen LogP contribution in [0.3, 0.4) is 0 Å². The van der Waals surface area contributed by atoms with Crippen molar-refractivity contribution in [3.05, 3.63) is 94.4 Å². The molecule has 0 N–H and O–H groups in total. The molecular weight excluding hydrogens is 429 g/mol. The molecule has 164 valence electrons. The van der Waals surface area contributed by atoms with Crippen molar-refractivity contribution in [2.45, 2.75) is 25.2 Å². The second-order valence-electron chi connectivity index (χ2n) is 7.21. The predicted octanol–water partition coefficient (Wildman–Crippen LogP) is 4.32. The first-order chi connectivity index (χ1) is 15.5. The van der Waals surface area contributed by atoms with Gasteiger partial charge in [0, 0.05) is 13.1 Å². The fraction of sp³-hybridized carbons (Fsp3) is 0.208. The molecule has 0 aliphatic rings. The average Bonchev–Trinajstić information content (AvgIpc) is 3.31. The van der Waals surface area contributed by atoms with Crippen LogP contribution in [0.25, 0.3) is 10.9 Å². The van der Waals surface area contributed by atoms with E-state index in [0.29, 0.717) is 34.9 Å². The number of carbonyl (C=O) groups is 1. The second kappa shape index (κ2) is 9.82. The fourth-order valence-electron chi connectivity index (χ4n) is 3.41. The molecule has 0 atom stereocenters. The van der Waals surface area contributed by atoms with Gasteiger partial charge in [0.2, 0.25) is 5.91 Å². The summed E-state index contributed by atoms with van der Waals surface area (Å²) >= 11 is 1.21. The van der Waals surface area contributed by atoms with E-state index in [-0.39, 0.29) is 29.6 Å². The molecule has 4 rings (SSSR count). The number of carbonyl (C=O) groups excluding carboxylic acids is 1. The maximum Gasteiger partial charge on any atom is 0.262 e. The molecule has 2 aromatic carbocycles. The molecule has 32 heavy (non-hydrogen) atoms. The lowest BCUT2D eigenvalue weighted by Gasteiger charge is -2.21. The van der Waals surface area contributed by atoms with Crippen molar-refractivity contribution in [2.75, 3.05) is 12.3 Å². The van der Waals surface area contributed by atoms with Crippen molar-refractivity contribution >= 4 is 28.6 Å². The number of benzene rings is 2. The minimum absolute atomic E-state index is 0.103. The van der Waals surface area contributed by atoms with E-state index < -0.39 is 0 Å². The van der Waals surface area contributed by atoms with E-state index in [1.54, 1.807) is 53.6 Å². The molecular formula is C24H22FN3O3S. The monoisotopic (exact) mass is 451 g/mol. The molecule has 8 heteroatoms. The highest BCUT2D eigenvalue weighted by atomic mass is 32.2. The zero-order valence-electron chi connectivity index (χ0n) is 17.5. The Morgan fingerprint density at radius 2 is 2.00 bits per heavy atom. The minimum Gasteiger partial charge on any atom is -0.467 e. The van der Waals surface area contributed by atoms with Gasteiger partial charge >= 0.3 is 0 Å². The van der Waals surface area contributed by atoms with Crippen molar-refractivity contribution in [3.63, 3.8) is 0 Å². The molecule has 0 unspecified atom stereocenters. The summed E-state index contributed by atoms with van der Waals surface area (Å²) in [6.45, 7) is 2.90. The SMILES string of the molecule is CCN(Cc1cccc(F)c1)C(=O)CSc1nc2ccccc2c(=O)n1Cc1ccco1. The van der Waals surface area contributed by atoms with Crippen molar-refractivity contribution in [1.29, 1.82) is 0 Å². The van der Waals surface area contributed by atoms with E-state index in [0.717, 1.165) is 5.56 Å².